The zero-order chi connectivity index (χ0) is 20.1. The molecule has 0 aromatic heterocycles. The van der Waals surface area contributed by atoms with Gasteiger partial charge in [-0.1, -0.05) is 18.2 Å². The van der Waals surface area contributed by atoms with Crippen molar-refractivity contribution in [2.24, 2.45) is 0 Å². The average Bonchev–Trinajstić information content (AvgIpc) is 3.23. The minimum absolute atomic E-state index is 0.118. The number of sulfonamides is 1. The lowest BCUT2D eigenvalue weighted by Crippen LogP contribution is -2.36. The summed E-state index contributed by atoms with van der Waals surface area (Å²) >= 11 is 0. The lowest BCUT2D eigenvalue weighted by atomic mass is 10.1. The van der Waals surface area contributed by atoms with E-state index in [0.29, 0.717) is 5.75 Å². The minimum atomic E-state index is -3.88. The Morgan fingerprint density at radius 2 is 1.89 bits per heavy atom. The van der Waals surface area contributed by atoms with Crippen LogP contribution in [0.2, 0.25) is 0 Å². The largest absolute Gasteiger partial charge is 0.497 e. The van der Waals surface area contributed by atoms with Gasteiger partial charge >= 0.3 is 0 Å². The number of nitrogens with one attached hydrogen (secondary N) is 1. The van der Waals surface area contributed by atoms with Gasteiger partial charge in [0.15, 0.2) is 0 Å². The molecular formula is C19H23N3O5S. The maximum absolute atomic E-state index is 12.7. The van der Waals surface area contributed by atoms with Crippen LogP contribution in [0.5, 0.6) is 5.75 Å². The number of methoxy groups -OCH3 is 1. The summed E-state index contributed by atoms with van der Waals surface area (Å²) in [5.74, 6) is 0.711. The van der Waals surface area contributed by atoms with Crippen LogP contribution in [0.4, 0.5) is 5.69 Å². The van der Waals surface area contributed by atoms with E-state index in [4.69, 9.17) is 4.74 Å². The van der Waals surface area contributed by atoms with E-state index in [2.05, 4.69) is 9.62 Å². The number of nitro groups is 1. The van der Waals surface area contributed by atoms with E-state index < -0.39 is 14.9 Å². The predicted octanol–water partition coefficient (Wildman–Crippen LogP) is 2.72. The molecular weight excluding hydrogens is 382 g/mol. The van der Waals surface area contributed by atoms with Crippen LogP contribution in [-0.4, -0.2) is 45.0 Å². The molecule has 150 valence electrons. The number of likely N-dealkylation sites (tertiary alicyclic amines) is 1. The topological polar surface area (TPSA) is 102 Å². The van der Waals surface area contributed by atoms with Gasteiger partial charge in [-0.3, -0.25) is 15.0 Å². The summed E-state index contributed by atoms with van der Waals surface area (Å²) in [4.78, 5) is 12.5. The molecule has 1 aliphatic heterocycles. The molecule has 1 saturated heterocycles. The van der Waals surface area contributed by atoms with Gasteiger partial charge in [-0.05, 0) is 49.7 Å². The molecule has 0 aliphatic carbocycles. The molecule has 1 aliphatic rings. The van der Waals surface area contributed by atoms with Crippen molar-refractivity contribution >= 4 is 15.7 Å². The van der Waals surface area contributed by atoms with Crippen molar-refractivity contribution in [2.75, 3.05) is 26.7 Å². The monoisotopic (exact) mass is 405 g/mol. The Labute approximate surface area is 164 Å². The van der Waals surface area contributed by atoms with E-state index in [1.807, 2.05) is 24.3 Å². The van der Waals surface area contributed by atoms with E-state index in [0.717, 1.165) is 37.6 Å². The van der Waals surface area contributed by atoms with Crippen LogP contribution < -0.4 is 9.46 Å². The van der Waals surface area contributed by atoms with Crippen molar-refractivity contribution in [1.29, 1.82) is 0 Å². The van der Waals surface area contributed by atoms with Crippen LogP contribution in [0.25, 0.3) is 0 Å². The molecule has 1 fully saturated rings. The van der Waals surface area contributed by atoms with Gasteiger partial charge in [0, 0.05) is 24.7 Å². The number of hydrogen-bond donors (Lipinski definition) is 1. The standard InChI is InChI=1S/C19H23N3O5S/c1-27-17-8-4-6-15(12-17)19(21-10-2-3-11-21)14-20-28(25,26)18-9-5-7-16(13-18)22(23)24/h4-9,12-13,19-20H,2-3,10-11,14H2,1H3. The summed E-state index contributed by atoms with van der Waals surface area (Å²) in [6, 6.07) is 12.5. The quantitative estimate of drug-likeness (QED) is 0.535. The molecule has 0 bridgehead atoms. The molecule has 1 heterocycles. The van der Waals surface area contributed by atoms with Gasteiger partial charge in [-0.2, -0.15) is 0 Å². The van der Waals surface area contributed by atoms with Gasteiger partial charge in [-0.25, -0.2) is 13.1 Å². The molecule has 0 radical (unpaired) electrons. The second kappa shape index (κ2) is 8.68. The minimum Gasteiger partial charge on any atom is -0.497 e. The number of rotatable bonds is 8. The van der Waals surface area contributed by atoms with Gasteiger partial charge in [0.1, 0.15) is 5.75 Å². The number of ether oxygens (including phenoxy) is 1. The summed E-state index contributed by atoms with van der Waals surface area (Å²) < 4.78 is 33.3. The predicted molar refractivity (Wildman–Crippen MR) is 105 cm³/mol. The van der Waals surface area contributed by atoms with Gasteiger partial charge in [0.05, 0.1) is 16.9 Å². The Kier molecular flexibility index (Phi) is 6.28. The Morgan fingerprint density at radius 3 is 2.57 bits per heavy atom. The Morgan fingerprint density at radius 1 is 1.18 bits per heavy atom. The van der Waals surface area contributed by atoms with Gasteiger partial charge in [-0.15, -0.1) is 0 Å². The Bertz CT molecular complexity index is 942. The molecule has 0 amide bonds. The molecule has 2 aromatic carbocycles. The zero-order valence-corrected chi connectivity index (χ0v) is 16.4. The number of nitrogens with zero attached hydrogens (tertiary/aromatic N) is 2. The molecule has 1 unspecified atom stereocenters. The normalized spacial score (nSPS) is 16.0. The summed E-state index contributed by atoms with van der Waals surface area (Å²) in [5.41, 5.74) is 0.703. The fourth-order valence-corrected chi connectivity index (χ4v) is 4.47. The van der Waals surface area contributed by atoms with E-state index in [-0.39, 0.29) is 23.2 Å². The summed E-state index contributed by atoms with van der Waals surface area (Å²) in [6.45, 7) is 1.94. The second-order valence-electron chi connectivity index (χ2n) is 6.64. The maximum Gasteiger partial charge on any atom is 0.270 e. The van der Waals surface area contributed by atoms with Crippen LogP contribution in [0.1, 0.15) is 24.4 Å². The van der Waals surface area contributed by atoms with Crippen molar-refractivity contribution in [3.8, 4) is 5.75 Å². The second-order valence-corrected chi connectivity index (χ2v) is 8.41. The van der Waals surface area contributed by atoms with Gasteiger partial charge in [0.2, 0.25) is 10.0 Å². The lowest BCUT2D eigenvalue weighted by molar-refractivity contribution is -0.385. The molecule has 1 N–H and O–H groups in total. The maximum atomic E-state index is 12.7. The van der Waals surface area contributed by atoms with Crippen LogP contribution in [0.3, 0.4) is 0 Å². The Balaban J connectivity index is 1.82. The third kappa shape index (κ3) is 4.67. The number of benzene rings is 2. The zero-order valence-electron chi connectivity index (χ0n) is 15.6. The lowest BCUT2D eigenvalue weighted by Gasteiger charge is -2.28. The number of hydrogen-bond acceptors (Lipinski definition) is 6. The Hall–Kier alpha value is -2.49. The molecule has 0 saturated carbocycles. The molecule has 1 atom stereocenters. The van der Waals surface area contributed by atoms with Crippen LogP contribution >= 0.6 is 0 Å². The van der Waals surface area contributed by atoms with Gasteiger partial charge in [0.25, 0.3) is 5.69 Å². The molecule has 28 heavy (non-hydrogen) atoms. The summed E-state index contributed by atoms with van der Waals surface area (Å²) in [5, 5.41) is 10.9. The third-order valence-electron chi connectivity index (χ3n) is 4.87. The van der Waals surface area contributed by atoms with Crippen molar-refractivity contribution in [3.05, 3.63) is 64.2 Å². The smallest absolute Gasteiger partial charge is 0.270 e. The van der Waals surface area contributed by atoms with Crippen LogP contribution in [-0.2, 0) is 10.0 Å². The van der Waals surface area contributed by atoms with E-state index in [1.165, 1.54) is 18.2 Å². The highest BCUT2D eigenvalue weighted by atomic mass is 32.2. The van der Waals surface area contributed by atoms with Gasteiger partial charge < -0.3 is 4.74 Å². The summed E-state index contributed by atoms with van der Waals surface area (Å²) in [6.07, 6.45) is 2.14. The first-order valence-electron chi connectivity index (χ1n) is 9.03. The van der Waals surface area contributed by atoms with Crippen molar-refractivity contribution in [3.63, 3.8) is 0 Å². The molecule has 0 spiro atoms. The highest BCUT2D eigenvalue weighted by Crippen LogP contribution is 2.28. The molecule has 3 rings (SSSR count). The summed E-state index contributed by atoms with van der Waals surface area (Å²) in [7, 11) is -2.28. The molecule has 2 aromatic rings. The number of non-ortho nitro benzene ring substituents is 1. The van der Waals surface area contributed by atoms with Crippen LogP contribution in [0, 0.1) is 10.1 Å². The highest BCUT2D eigenvalue weighted by molar-refractivity contribution is 7.89. The fraction of sp³-hybridized carbons (Fsp3) is 0.368. The molecule has 8 nitrogen and oxygen atoms in total. The van der Waals surface area contributed by atoms with Crippen LogP contribution in [0.15, 0.2) is 53.4 Å². The van der Waals surface area contributed by atoms with Crippen molar-refractivity contribution < 1.29 is 18.1 Å². The fourth-order valence-electron chi connectivity index (χ4n) is 3.40. The van der Waals surface area contributed by atoms with E-state index in [1.54, 1.807) is 7.11 Å². The first-order chi connectivity index (χ1) is 13.4. The first-order valence-corrected chi connectivity index (χ1v) is 10.5. The average molecular weight is 405 g/mol. The number of nitro benzene ring substituents is 1. The third-order valence-corrected chi connectivity index (χ3v) is 6.29. The van der Waals surface area contributed by atoms with E-state index >= 15 is 0 Å². The SMILES string of the molecule is COc1cccc(C(CNS(=O)(=O)c2cccc([N+](=O)[O-])c2)N2CCCC2)c1. The highest BCUT2D eigenvalue weighted by Gasteiger charge is 2.26. The van der Waals surface area contributed by atoms with E-state index in [9.17, 15) is 18.5 Å². The first kappa shape index (κ1) is 20.2. The molecule has 9 heteroatoms. The van der Waals surface area contributed by atoms with Crippen molar-refractivity contribution in [1.82, 2.24) is 9.62 Å². The van der Waals surface area contributed by atoms with Crippen molar-refractivity contribution in [2.45, 2.75) is 23.8 Å².